The van der Waals surface area contributed by atoms with Crippen molar-refractivity contribution in [1.29, 1.82) is 0 Å². The Balaban J connectivity index is 1.61. The third kappa shape index (κ3) is 5.60. The number of nitrogens with two attached hydrogens (primary N) is 1. The van der Waals surface area contributed by atoms with E-state index in [9.17, 15) is 22.8 Å². The molecular weight excluding hydrogens is 461 g/mol. The normalized spacial score (nSPS) is 14.6. The predicted molar refractivity (Wildman–Crippen MR) is 123 cm³/mol. The van der Waals surface area contributed by atoms with E-state index >= 15 is 0 Å². The second-order valence-electron chi connectivity index (χ2n) is 8.20. The first-order valence-electron chi connectivity index (χ1n) is 10.9. The Hall–Kier alpha value is -3.92. The van der Waals surface area contributed by atoms with Crippen LogP contribution < -0.4 is 10.5 Å². The van der Waals surface area contributed by atoms with Crippen LogP contribution in [0.15, 0.2) is 60.7 Å². The largest absolute Gasteiger partial charge is 0.457 e. The van der Waals surface area contributed by atoms with Crippen molar-refractivity contribution in [2.45, 2.75) is 6.18 Å². The molecule has 2 heterocycles. The van der Waals surface area contributed by atoms with Gasteiger partial charge in [0.25, 0.3) is 11.8 Å². The van der Waals surface area contributed by atoms with Gasteiger partial charge in [0.2, 0.25) is 0 Å². The van der Waals surface area contributed by atoms with Crippen LogP contribution in [-0.2, 0) is 6.18 Å². The molecule has 3 aromatic rings. The van der Waals surface area contributed by atoms with Gasteiger partial charge in [-0.2, -0.15) is 13.2 Å². The van der Waals surface area contributed by atoms with Gasteiger partial charge in [0.1, 0.15) is 17.2 Å². The number of hydrogen-bond donors (Lipinski definition) is 1. The molecule has 1 fully saturated rings. The van der Waals surface area contributed by atoms with E-state index in [-0.39, 0.29) is 17.0 Å². The summed E-state index contributed by atoms with van der Waals surface area (Å²) in [4.78, 5) is 32.3. The van der Waals surface area contributed by atoms with Crippen LogP contribution in [0.1, 0.15) is 26.4 Å². The monoisotopic (exact) mass is 484 g/mol. The lowest BCUT2D eigenvalue weighted by molar-refractivity contribution is -0.137. The van der Waals surface area contributed by atoms with E-state index in [0.29, 0.717) is 43.2 Å². The SMILES string of the molecule is CN1CCN(C(=O)c2cc(C(F)(F)F)ccc2Oc2ccc(-c3cccc(C(N)=O)n3)cc2)CC1. The topological polar surface area (TPSA) is 88.8 Å². The molecule has 1 saturated heterocycles. The number of primary amides is 1. The zero-order chi connectivity index (χ0) is 25.2. The highest BCUT2D eigenvalue weighted by Crippen LogP contribution is 2.35. The van der Waals surface area contributed by atoms with Crippen LogP contribution in [0.4, 0.5) is 13.2 Å². The summed E-state index contributed by atoms with van der Waals surface area (Å²) in [5, 5.41) is 0. The van der Waals surface area contributed by atoms with Crippen LogP contribution in [-0.4, -0.2) is 59.8 Å². The molecule has 2 N–H and O–H groups in total. The Kier molecular flexibility index (Phi) is 6.74. The van der Waals surface area contributed by atoms with Gasteiger partial charge in [-0.25, -0.2) is 4.98 Å². The minimum absolute atomic E-state index is 0.0310. The highest BCUT2D eigenvalue weighted by Gasteiger charge is 2.33. The number of hydrogen-bond acceptors (Lipinski definition) is 5. The summed E-state index contributed by atoms with van der Waals surface area (Å²) in [6.07, 6.45) is -4.59. The molecule has 0 spiro atoms. The zero-order valence-electron chi connectivity index (χ0n) is 18.9. The van der Waals surface area contributed by atoms with Gasteiger partial charge in [-0.05, 0) is 61.6 Å². The first-order valence-corrected chi connectivity index (χ1v) is 10.9. The Bertz CT molecular complexity index is 1240. The Labute approximate surface area is 199 Å². The summed E-state index contributed by atoms with van der Waals surface area (Å²) in [6, 6.07) is 14.4. The Morgan fingerprint density at radius 1 is 0.971 bits per heavy atom. The third-order valence-electron chi connectivity index (χ3n) is 5.71. The summed E-state index contributed by atoms with van der Waals surface area (Å²) >= 11 is 0. The van der Waals surface area contributed by atoms with E-state index in [2.05, 4.69) is 4.98 Å². The van der Waals surface area contributed by atoms with Crippen LogP contribution in [0.25, 0.3) is 11.3 Å². The molecule has 4 rings (SSSR count). The molecule has 7 nitrogen and oxygen atoms in total. The number of alkyl halides is 3. The van der Waals surface area contributed by atoms with Crippen molar-refractivity contribution in [2.75, 3.05) is 33.2 Å². The lowest BCUT2D eigenvalue weighted by Gasteiger charge is -2.32. The van der Waals surface area contributed by atoms with E-state index in [0.717, 1.165) is 18.2 Å². The number of ether oxygens (including phenoxy) is 1. The molecule has 0 saturated carbocycles. The first kappa shape index (κ1) is 24.2. The number of rotatable bonds is 5. The van der Waals surface area contributed by atoms with E-state index in [1.165, 1.54) is 11.0 Å². The average Bonchev–Trinajstić information content (AvgIpc) is 2.84. The second kappa shape index (κ2) is 9.75. The minimum atomic E-state index is -4.59. The highest BCUT2D eigenvalue weighted by atomic mass is 19.4. The van der Waals surface area contributed by atoms with Crippen molar-refractivity contribution in [3.05, 3.63) is 77.5 Å². The molecule has 0 radical (unpaired) electrons. The Morgan fingerprint density at radius 3 is 2.29 bits per heavy atom. The lowest BCUT2D eigenvalue weighted by Crippen LogP contribution is -2.47. The molecule has 2 aromatic carbocycles. The van der Waals surface area contributed by atoms with Crippen LogP contribution in [0.3, 0.4) is 0 Å². The number of pyridine rings is 1. The summed E-state index contributed by atoms with van der Waals surface area (Å²) in [5.74, 6) is -0.800. The van der Waals surface area contributed by atoms with Gasteiger partial charge in [-0.15, -0.1) is 0 Å². The van der Waals surface area contributed by atoms with Gasteiger partial charge in [0.05, 0.1) is 16.8 Å². The van der Waals surface area contributed by atoms with Gasteiger partial charge in [0, 0.05) is 31.7 Å². The van der Waals surface area contributed by atoms with Crippen molar-refractivity contribution >= 4 is 11.8 Å². The van der Waals surface area contributed by atoms with Gasteiger partial charge in [-0.3, -0.25) is 9.59 Å². The molecular formula is C25H23F3N4O3. The maximum absolute atomic E-state index is 13.4. The minimum Gasteiger partial charge on any atom is -0.457 e. The van der Waals surface area contributed by atoms with Gasteiger partial charge in [-0.1, -0.05) is 6.07 Å². The molecule has 1 aromatic heterocycles. The van der Waals surface area contributed by atoms with Crippen LogP contribution in [0.5, 0.6) is 11.5 Å². The van der Waals surface area contributed by atoms with Gasteiger partial charge < -0.3 is 20.3 Å². The molecule has 2 amide bonds. The Morgan fingerprint density at radius 2 is 1.66 bits per heavy atom. The summed E-state index contributed by atoms with van der Waals surface area (Å²) in [6.45, 7) is 2.09. The molecule has 0 unspecified atom stereocenters. The van der Waals surface area contributed by atoms with Crippen molar-refractivity contribution in [2.24, 2.45) is 5.73 Å². The molecule has 182 valence electrons. The van der Waals surface area contributed by atoms with Crippen LogP contribution >= 0.6 is 0 Å². The van der Waals surface area contributed by atoms with Crippen LogP contribution in [0.2, 0.25) is 0 Å². The quantitative estimate of drug-likeness (QED) is 0.591. The number of carbonyl (C=O) groups excluding carboxylic acids is 2. The average molecular weight is 484 g/mol. The standard InChI is InChI=1S/C25H23F3N4O3/c1-31-11-13-32(14-12-31)24(34)19-15-17(25(26,27)28)7-10-22(19)35-18-8-5-16(6-9-18)20-3-2-4-21(30-20)23(29)33/h2-10,15H,11-14H2,1H3,(H2,29,33). The third-order valence-corrected chi connectivity index (χ3v) is 5.71. The smallest absolute Gasteiger partial charge is 0.416 e. The van der Waals surface area contributed by atoms with Crippen molar-refractivity contribution < 1.29 is 27.5 Å². The fourth-order valence-electron chi connectivity index (χ4n) is 3.70. The molecule has 35 heavy (non-hydrogen) atoms. The van der Waals surface area contributed by atoms with E-state index in [4.69, 9.17) is 10.5 Å². The number of benzene rings is 2. The van der Waals surface area contributed by atoms with Crippen molar-refractivity contribution in [3.63, 3.8) is 0 Å². The summed E-state index contributed by atoms with van der Waals surface area (Å²) in [7, 11) is 1.92. The second-order valence-corrected chi connectivity index (χ2v) is 8.20. The number of aromatic nitrogens is 1. The number of carbonyl (C=O) groups is 2. The van der Waals surface area contributed by atoms with Crippen LogP contribution in [0, 0.1) is 0 Å². The summed E-state index contributed by atoms with van der Waals surface area (Å²) < 4.78 is 45.9. The summed E-state index contributed by atoms with van der Waals surface area (Å²) in [5.41, 5.74) is 5.54. The number of nitrogens with zero attached hydrogens (tertiary/aromatic N) is 3. The van der Waals surface area contributed by atoms with Gasteiger partial charge in [0.15, 0.2) is 0 Å². The maximum Gasteiger partial charge on any atom is 0.416 e. The van der Waals surface area contributed by atoms with E-state index in [1.807, 2.05) is 11.9 Å². The number of amides is 2. The number of piperazine rings is 1. The predicted octanol–water partition coefficient (Wildman–Crippen LogP) is 4.05. The fraction of sp³-hybridized carbons (Fsp3) is 0.240. The van der Waals surface area contributed by atoms with Crippen molar-refractivity contribution in [1.82, 2.24) is 14.8 Å². The molecule has 1 aliphatic rings. The van der Waals surface area contributed by atoms with E-state index < -0.39 is 23.6 Å². The number of halogens is 3. The van der Waals surface area contributed by atoms with Crippen molar-refractivity contribution in [3.8, 4) is 22.8 Å². The number of likely N-dealkylation sites (N-methyl/N-ethyl adjacent to an activating group) is 1. The molecule has 1 aliphatic heterocycles. The fourth-order valence-corrected chi connectivity index (χ4v) is 3.70. The maximum atomic E-state index is 13.4. The van der Waals surface area contributed by atoms with E-state index in [1.54, 1.807) is 36.4 Å². The molecule has 0 atom stereocenters. The lowest BCUT2D eigenvalue weighted by atomic mass is 10.1. The van der Waals surface area contributed by atoms with Gasteiger partial charge >= 0.3 is 6.18 Å². The molecule has 10 heteroatoms. The zero-order valence-corrected chi connectivity index (χ0v) is 18.9. The highest BCUT2D eigenvalue weighted by molar-refractivity contribution is 5.97. The molecule has 0 aliphatic carbocycles. The first-order chi connectivity index (χ1) is 16.6. The molecule has 0 bridgehead atoms.